The summed E-state index contributed by atoms with van der Waals surface area (Å²) in [5.41, 5.74) is 1.32. The van der Waals surface area contributed by atoms with Crippen molar-refractivity contribution in [1.82, 2.24) is 10.2 Å². The van der Waals surface area contributed by atoms with Crippen LogP contribution < -0.4 is 14.4 Å². The number of carbonyl (C=O) groups excluding carboxylic acids is 2. The fourth-order valence-electron chi connectivity index (χ4n) is 5.39. The van der Waals surface area contributed by atoms with Crippen LogP contribution in [0.5, 0.6) is 11.5 Å². The third-order valence-electron chi connectivity index (χ3n) is 7.72. The van der Waals surface area contributed by atoms with Crippen LogP contribution in [0.15, 0.2) is 149 Å². The largest absolute Gasteiger partial charge is 0.457 e. The van der Waals surface area contributed by atoms with Gasteiger partial charge in [0.25, 0.3) is 10.0 Å². The lowest BCUT2D eigenvalue weighted by Gasteiger charge is -2.35. The zero-order chi connectivity index (χ0) is 35.7. The number of nitrogens with one attached hydrogen (secondary N) is 1. The molecule has 0 aliphatic carbocycles. The number of benzene rings is 5. The summed E-state index contributed by atoms with van der Waals surface area (Å²) >= 11 is 3.52. The highest BCUT2D eigenvalue weighted by atomic mass is 79.9. The first-order chi connectivity index (χ1) is 23.9. The predicted molar refractivity (Wildman–Crippen MR) is 200 cm³/mol. The van der Waals surface area contributed by atoms with Gasteiger partial charge in [-0.3, -0.25) is 13.9 Å². The van der Waals surface area contributed by atoms with Crippen molar-refractivity contribution in [1.29, 1.82) is 0 Å². The van der Waals surface area contributed by atoms with E-state index in [4.69, 9.17) is 4.74 Å². The van der Waals surface area contributed by atoms with E-state index in [9.17, 15) is 18.0 Å². The van der Waals surface area contributed by atoms with Crippen molar-refractivity contribution >= 4 is 43.5 Å². The van der Waals surface area contributed by atoms with Gasteiger partial charge in [0.15, 0.2) is 0 Å². The van der Waals surface area contributed by atoms with E-state index in [1.807, 2.05) is 106 Å². The molecule has 0 saturated heterocycles. The van der Waals surface area contributed by atoms with E-state index >= 15 is 0 Å². The van der Waals surface area contributed by atoms with Gasteiger partial charge in [0.05, 0.1) is 10.6 Å². The van der Waals surface area contributed by atoms with E-state index in [0.29, 0.717) is 11.5 Å². The number of anilines is 1. The minimum absolute atomic E-state index is 0.0299. The van der Waals surface area contributed by atoms with Gasteiger partial charge in [0, 0.05) is 23.0 Å². The summed E-state index contributed by atoms with van der Waals surface area (Å²) in [6.45, 7) is 5.15. The number of rotatable bonds is 13. The van der Waals surface area contributed by atoms with Crippen LogP contribution in [0.25, 0.3) is 0 Å². The van der Waals surface area contributed by atoms with E-state index in [-0.39, 0.29) is 29.5 Å². The molecule has 5 rings (SSSR count). The Balaban J connectivity index is 1.56. The van der Waals surface area contributed by atoms with Crippen LogP contribution in [0.4, 0.5) is 5.69 Å². The molecule has 0 bridgehead atoms. The number of nitrogens with zero attached hydrogens (tertiary/aromatic N) is 2. The van der Waals surface area contributed by atoms with Crippen LogP contribution in [-0.2, 0) is 32.6 Å². The molecule has 0 heterocycles. The summed E-state index contributed by atoms with van der Waals surface area (Å²) in [7, 11) is -4.23. The van der Waals surface area contributed by atoms with Crippen LogP contribution in [0, 0.1) is 0 Å². The zero-order valence-corrected chi connectivity index (χ0v) is 30.6. The zero-order valence-electron chi connectivity index (χ0n) is 28.2. The quantitative estimate of drug-likeness (QED) is 0.132. The average Bonchev–Trinajstić information content (AvgIpc) is 3.09. The van der Waals surface area contributed by atoms with Gasteiger partial charge in [-0.2, -0.15) is 0 Å². The van der Waals surface area contributed by atoms with Gasteiger partial charge in [-0.1, -0.05) is 94.8 Å². The SMILES string of the molecule is CC(C)(C)NC(=O)[C@H](Cc1ccccc1)N(Cc1cccc(Br)c1)C(=O)CN(c1ccc(Oc2ccccc2)cc1)S(=O)(=O)c1ccccc1. The van der Waals surface area contributed by atoms with Gasteiger partial charge in [-0.25, -0.2) is 8.42 Å². The first kappa shape index (κ1) is 36.4. The van der Waals surface area contributed by atoms with Gasteiger partial charge in [0.2, 0.25) is 11.8 Å². The smallest absolute Gasteiger partial charge is 0.264 e. The number of amides is 2. The van der Waals surface area contributed by atoms with Crippen molar-refractivity contribution in [3.05, 3.63) is 155 Å². The van der Waals surface area contributed by atoms with Crippen molar-refractivity contribution in [2.24, 2.45) is 0 Å². The molecule has 8 nitrogen and oxygen atoms in total. The van der Waals surface area contributed by atoms with Crippen molar-refractivity contribution in [2.75, 3.05) is 10.8 Å². The molecule has 258 valence electrons. The van der Waals surface area contributed by atoms with Crippen LogP contribution in [-0.4, -0.2) is 43.3 Å². The first-order valence-corrected chi connectivity index (χ1v) is 18.4. The summed E-state index contributed by atoms with van der Waals surface area (Å²) < 4.78 is 36.4. The minimum Gasteiger partial charge on any atom is -0.457 e. The molecule has 0 radical (unpaired) electrons. The Morgan fingerprint density at radius 3 is 1.90 bits per heavy atom. The number of hydrogen-bond donors (Lipinski definition) is 1. The van der Waals surface area contributed by atoms with E-state index in [2.05, 4.69) is 21.2 Å². The Kier molecular flexibility index (Phi) is 11.8. The summed E-state index contributed by atoms with van der Waals surface area (Å²) in [5.74, 6) is 0.246. The van der Waals surface area contributed by atoms with Crippen LogP contribution in [0.2, 0.25) is 0 Å². The molecule has 0 aromatic heterocycles. The normalized spacial score (nSPS) is 12.1. The second-order valence-electron chi connectivity index (χ2n) is 12.8. The van der Waals surface area contributed by atoms with Crippen molar-refractivity contribution in [3.8, 4) is 11.5 Å². The van der Waals surface area contributed by atoms with E-state index in [0.717, 1.165) is 19.9 Å². The Morgan fingerprint density at radius 1 is 0.740 bits per heavy atom. The molecule has 0 aliphatic heterocycles. The molecular weight excluding hydrogens is 714 g/mol. The van der Waals surface area contributed by atoms with Crippen molar-refractivity contribution < 1.29 is 22.7 Å². The average molecular weight is 755 g/mol. The highest BCUT2D eigenvalue weighted by Gasteiger charge is 2.35. The fraction of sp³-hybridized carbons (Fsp3) is 0.200. The molecule has 5 aromatic carbocycles. The molecule has 2 amide bonds. The topological polar surface area (TPSA) is 96.0 Å². The van der Waals surface area contributed by atoms with Crippen LogP contribution >= 0.6 is 15.9 Å². The summed E-state index contributed by atoms with van der Waals surface area (Å²) in [6, 6.07) is 39.8. The molecule has 0 unspecified atom stereocenters. The van der Waals surface area contributed by atoms with Gasteiger partial charge < -0.3 is 15.0 Å². The third-order valence-corrected chi connectivity index (χ3v) is 10.0. The van der Waals surface area contributed by atoms with Crippen molar-refractivity contribution in [2.45, 2.75) is 50.2 Å². The van der Waals surface area contributed by atoms with Gasteiger partial charge in [0.1, 0.15) is 24.1 Å². The van der Waals surface area contributed by atoms with Gasteiger partial charge in [-0.15, -0.1) is 0 Å². The molecule has 50 heavy (non-hydrogen) atoms. The maximum Gasteiger partial charge on any atom is 0.264 e. The highest BCUT2D eigenvalue weighted by Crippen LogP contribution is 2.29. The predicted octanol–water partition coefficient (Wildman–Crippen LogP) is 7.99. The molecule has 0 spiro atoms. The third kappa shape index (κ3) is 9.83. The van der Waals surface area contributed by atoms with Gasteiger partial charge in [-0.05, 0) is 92.6 Å². The maximum atomic E-state index is 14.7. The number of halogens is 1. The standard InChI is InChI=1S/C40H40BrN3O5S/c1-40(2,3)42-39(46)37(27-30-14-7-4-8-15-30)43(28-31-16-13-17-32(41)26-31)38(45)29-44(50(47,48)36-20-11-6-12-21-36)33-22-24-35(25-23-33)49-34-18-9-5-10-19-34/h4-26,37H,27-29H2,1-3H3,(H,42,46)/t37-/m0/s1. The number of hydrogen-bond acceptors (Lipinski definition) is 5. The summed E-state index contributed by atoms with van der Waals surface area (Å²) in [4.78, 5) is 30.3. The molecule has 10 heteroatoms. The Bertz CT molecular complexity index is 1990. The Hall–Kier alpha value is -4.93. The van der Waals surface area contributed by atoms with Gasteiger partial charge >= 0.3 is 0 Å². The lowest BCUT2D eigenvalue weighted by molar-refractivity contribution is -0.140. The minimum atomic E-state index is -4.23. The number of ether oxygens (including phenoxy) is 1. The second kappa shape index (κ2) is 16.2. The van der Waals surface area contributed by atoms with Crippen LogP contribution in [0.3, 0.4) is 0 Å². The number of carbonyl (C=O) groups is 2. The Labute approximate surface area is 302 Å². The first-order valence-electron chi connectivity index (χ1n) is 16.2. The molecule has 5 aromatic rings. The molecule has 0 fully saturated rings. The number of sulfonamides is 1. The summed E-state index contributed by atoms with van der Waals surface area (Å²) in [5, 5.41) is 3.05. The fourth-order valence-corrected chi connectivity index (χ4v) is 7.27. The Morgan fingerprint density at radius 2 is 1.30 bits per heavy atom. The lowest BCUT2D eigenvalue weighted by Crippen LogP contribution is -2.56. The maximum absolute atomic E-state index is 14.7. The molecule has 0 saturated carbocycles. The molecule has 1 N–H and O–H groups in total. The number of para-hydroxylation sites is 1. The molecule has 1 atom stereocenters. The highest BCUT2D eigenvalue weighted by molar-refractivity contribution is 9.10. The molecular formula is C40H40BrN3O5S. The monoisotopic (exact) mass is 753 g/mol. The van der Waals surface area contributed by atoms with E-state index < -0.39 is 34.1 Å². The summed E-state index contributed by atoms with van der Waals surface area (Å²) in [6.07, 6.45) is 0.222. The second-order valence-corrected chi connectivity index (χ2v) is 15.6. The van der Waals surface area contributed by atoms with Crippen LogP contribution in [0.1, 0.15) is 31.9 Å². The molecule has 0 aliphatic rings. The van der Waals surface area contributed by atoms with E-state index in [1.165, 1.54) is 17.0 Å². The lowest BCUT2D eigenvalue weighted by atomic mass is 10.0. The van der Waals surface area contributed by atoms with E-state index in [1.54, 1.807) is 42.5 Å². The van der Waals surface area contributed by atoms with Crippen molar-refractivity contribution in [3.63, 3.8) is 0 Å².